The van der Waals surface area contributed by atoms with Crippen molar-refractivity contribution in [1.82, 2.24) is 9.97 Å². The number of nitrogens with one attached hydrogen (secondary N) is 2. The fraction of sp³-hybridized carbons (Fsp3) is 0.190. The van der Waals surface area contributed by atoms with Crippen molar-refractivity contribution < 1.29 is 27.4 Å². The molecule has 0 saturated heterocycles. The summed E-state index contributed by atoms with van der Waals surface area (Å²) in [5.41, 5.74) is 0.759. The highest BCUT2D eigenvalue weighted by molar-refractivity contribution is 7.92. The average Bonchev–Trinajstić information content (AvgIpc) is 2.80. The van der Waals surface area contributed by atoms with Crippen LogP contribution in [0.25, 0.3) is 0 Å². The van der Waals surface area contributed by atoms with Gasteiger partial charge >= 0.3 is 0 Å². The Balaban J connectivity index is 1.71. The fourth-order valence-electron chi connectivity index (χ4n) is 2.66. The number of carbonyl (C=O) groups excluding carboxylic acids is 1. The van der Waals surface area contributed by atoms with E-state index in [-0.39, 0.29) is 16.6 Å². The number of amides is 1. The molecule has 1 heterocycles. The Morgan fingerprint density at radius 2 is 1.69 bits per heavy atom. The summed E-state index contributed by atoms with van der Waals surface area (Å²) in [5, 5.41) is 2.73. The Morgan fingerprint density at radius 3 is 2.41 bits per heavy atom. The zero-order chi connectivity index (χ0) is 23.0. The van der Waals surface area contributed by atoms with Gasteiger partial charge in [-0.3, -0.25) is 9.52 Å². The van der Waals surface area contributed by atoms with Crippen molar-refractivity contribution in [1.29, 1.82) is 0 Å². The van der Waals surface area contributed by atoms with Gasteiger partial charge in [-0.15, -0.1) is 0 Å². The molecule has 0 aliphatic carbocycles. The highest BCUT2D eigenvalue weighted by Crippen LogP contribution is 2.23. The van der Waals surface area contributed by atoms with Crippen LogP contribution in [0, 0.1) is 0 Å². The normalized spacial score (nSPS) is 10.9. The van der Waals surface area contributed by atoms with Crippen molar-refractivity contribution in [3.8, 4) is 11.6 Å². The van der Waals surface area contributed by atoms with Crippen molar-refractivity contribution >= 4 is 27.4 Å². The molecule has 168 valence electrons. The van der Waals surface area contributed by atoms with E-state index in [1.54, 1.807) is 31.4 Å². The third-order valence-corrected chi connectivity index (χ3v) is 5.54. The lowest BCUT2D eigenvalue weighted by Crippen LogP contribution is -2.16. The topological polar surface area (TPSA) is 129 Å². The second kappa shape index (κ2) is 10.6. The summed E-state index contributed by atoms with van der Waals surface area (Å²) >= 11 is 0. The molecule has 0 fully saturated rings. The van der Waals surface area contributed by atoms with E-state index in [2.05, 4.69) is 20.0 Å². The maximum absolute atomic E-state index is 12.7. The second-order valence-electron chi connectivity index (χ2n) is 6.34. The molecule has 11 heteroatoms. The van der Waals surface area contributed by atoms with E-state index in [4.69, 9.17) is 14.2 Å². The van der Waals surface area contributed by atoms with Gasteiger partial charge in [-0.25, -0.2) is 18.4 Å². The Kier molecular flexibility index (Phi) is 7.58. The third-order valence-electron chi connectivity index (χ3n) is 4.19. The van der Waals surface area contributed by atoms with Gasteiger partial charge in [0.2, 0.25) is 5.82 Å². The zero-order valence-electron chi connectivity index (χ0n) is 17.4. The zero-order valence-corrected chi connectivity index (χ0v) is 18.3. The van der Waals surface area contributed by atoms with Crippen molar-refractivity contribution in [2.24, 2.45) is 0 Å². The predicted octanol–water partition coefficient (Wildman–Crippen LogP) is 2.56. The van der Waals surface area contributed by atoms with E-state index in [1.165, 1.54) is 43.8 Å². The summed E-state index contributed by atoms with van der Waals surface area (Å²) in [6.07, 6.45) is 2.73. The molecular weight excluding hydrogens is 436 g/mol. The number of carbonyl (C=O) groups is 1. The number of methoxy groups -OCH3 is 2. The number of hydrogen-bond acceptors (Lipinski definition) is 8. The number of anilines is 2. The molecule has 3 aromatic rings. The molecule has 1 amide bonds. The molecule has 0 aliphatic heterocycles. The van der Waals surface area contributed by atoms with Gasteiger partial charge < -0.3 is 19.5 Å². The average molecular weight is 458 g/mol. The second-order valence-corrected chi connectivity index (χ2v) is 8.02. The molecule has 0 unspecified atom stereocenters. The highest BCUT2D eigenvalue weighted by atomic mass is 32.2. The first kappa shape index (κ1) is 23.0. The van der Waals surface area contributed by atoms with Crippen molar-refractivity contribution in [3.63, 3.8) is 0 Å². The first-order valence-corrected chi connectivity index (χ1v) is 10.9. The number of rotatable bonds is 10. The largest absolute Gasteiger partial charge is 0.490 e. The standard InChI is InChI=1S/C21H22N4O6S/c1-29-13-14-31-18-6-4-3-5-17(18)20(26)24-15-7-9-16(10-8-15)32(27,28)25-19-21(30-2)23-12-11-22-19/h3-12H,13-14H2,1-2H3,(H,22,25)(H,24,26). The molecule has 0 radical (unpaired) electrons. The number of benzene rings is 2. The van der Waals surface area contributed by atoms with E-state index in [0.717, 1.165) is 0 Å². The Labute approximate surface area is 185 Å². The maximum atomic E-state index is 12.7. The molecule has 2 N–H and O–H groups in total. The molecule has 10 nitrogen and oxygen atoms in total. The summed E-state index contributed by atoms with van der Waals surface area (Å²) in [6, 6.07) is 12.5. The first-order chi connectivity index (χ1) is 15.4. The van der Waals surface area contributed by atoms with Crippen LogP contribution in [-0.2, 0) is 14.8 Å². The summed E-state index contributed by atoms with van der Waals surface area (Å²) in [5.74, 6) is 0.0446. The van der Waals surface area contributed by atoms with Crippen LogP contribution in [0.1, 0.15) is 10.4 Å². The quantitative estimate of drug-likeness (QED) is 0.444. The Bertz CT molecular complexity index is 1170. The van der Waals surface area contributed by atoms with Gasteiger partial charge in [-0.2, -0.15) is 0 Å². The van der Waals surface area contributed by atoms with Crippen LogP contribution in [0.4, 0.5) is 11.5 Å². The smallest absolute Gasteiger partial charge is 0.263 e. The molecular formula is C21H22N4O6S. The molecule has 32 heavy (non-hydrogen) atoms. The lowest BCUT2D eigenvalue weighted by atomic mass is 10.2. The van der Waals surface area contributed by atoms with Gasteiger partial charge in [0.05, 0.1) is 24.2 Å². The van der Waals surface area contributed by atoms with Gasteiger partial charge in [0, 0.05) is 25.2 Å². The number of hydrogen-bond donors (Lipinski definition) is 2. The van der Waals surface area contributed by atoms with Crippen LogP contribution >= 0.6 is 0 Å². The molecule has 3 rings (SSSR count). The van der Waals surface area contributed by atoms with Crippen molar-refractivity contribution in [2.75, 3.05) is 37.5 Å². The minimum Gasteiger partial charge on any atom is -0.490 e. The lowest BCUT2D eigenvalue weighted by molar-refractivity contribution is 0.101. The van der Waals surface area contributed by atoms with Gasteiger partial charge in [-0.1, -0.05) is 12.1 Å². The molecule has 1 aromatic heterocycles. The van der Waals surface area contributed by atoms with Crippen LogP contribution in [0.3, 0.4) is 0 Å². The van der Waals surface area contributed by atoms with E-state index in [1.807, 2.05) is 0 Å². The maximum Gasteiger partial charge on any atom is 0.263 e. The fourth-order valence-corrected chi connectivity index (χ4v) is 3.67. The van der Waals surface area contributed by atoms with Crippen LogP contribution in [0.15, 0.2) is 65.8 Å². The molecule has 0 bridgehead atoms. The number of sulfonamides is 1. The summed E-state index contributed by atoms with van der Waals surface area (Å²) in [4.78, 5) is 20.5. The summed E-state index contributed by atoms with van der Waals surface area (Å²) in [7, 11) is -1.02. The van der Waals surface area contributed by atoms with Crippen LogP contribution in [0.2, 0.25) is 0 Å². The van der Waals surface area contributed by atoms with Gasteiger partial charge in [0.15, 0.2) is 0 Å². The SMILES string of the molecule is COCCOc1ccccc1C(=O)Nc1ccc(S(=O)(=O)Nc2nccnc2OC)cc1. The minimum absolute atomic E-state index is 0.0218. The number of aromatic nitrogens is 2. The van der Waals surface area contributed by atoms with Gasteiger partial charge in [0.25, 0.3) is 21.8 Å². The number of ether oxygens (including phenoxy) is 3. The van der Waals surface area contributed by atoms with Crippen LogP contribution < -0.4 is 19.5 Å². The Hall–Kier alpha value is -3.70. The van der Waals surface area contributed by atoms with Gasteiger partial charge in [0.1, 0.15) is 12.4 Å². The van der Waals surface area contributed by atoms with E-state index >= 15 is 0 Å². The Morgan fingerprint density at radius 1 is 0.969 bits per heavy atom. The van der Waals surface area contributed by atoms with Crippen LogP contribution in [-0.4, -0.2) is 51.7 Å². The molecule has 2 aromatic carbocycles. The summed E-state index contributed by atoms with van der Waals surface area (Å²) in [6.45, 7) is 0.692. The molecule has 0 aliphatic rings. The van der Waals surface area contributed by atoms with Crippen LogP contribution in [0.5, 0.6) is 11.6 Å². The van der Waals surface area contributed by atoms with E-state index in [0.29, 0.717) is 30.2 Å². The van der Waals surface area contributed by atoms with Gasteiger partial charge in [-0.05, 0) is 36.4 Å². The molecule has 0 saturated carbocycles. The van der Waals surface area contributed by atoms with Crippen molar-refractivity contribution in [2.45, 2.75) is 4.90 Å². The predicted molar refractivity (Wildman–Crippen MR) is 118 cm³/mol. The van der Waals surface area contributed by atoms with Crippen molar-refractivity contribution in [3.05, 3.63) is 66.5 Å². The third kappa shape index (κ3) is 5.71. The van der Waals surface area contributed by atoms with E-state index in [9.17, 15) is 13.2 Å². The minimum atomic E-state index is -3.94. The number of para-hydroxylation sites is 1. The molecule has 0 atom stereocenters. The number of nitrogens with zero attached hydrogens (tertiary/aromatic N) is 2. The first-order valence-electron chi connectivity index (χ1n) is 9.44. The highest BCUT2D eigenvalue weighted by Gasteiger charge is 2.18. The van der Waals surface area contributed by atoms with E-state index < -0.39 is 15.9 Å². The lowest BCUT2D eigenvalue weighted by Gasteiger charge is -2.12. The molecule has 0 spiro atoms. The monoisotopic (exact) mass is 458 g/mol. The summed E-state index contributed by atoms with van der Waals surface area (Å²) < 4.78 is 43.2.